The Hall–Kier alpha value is -2.64. The van der Waals surface area contributed by atoms with Gasteiger partial charge in [-0.25, -0.2) is 4.39 Å². The van der Waals surface area contributed by atoms with Crippen molar-refractivity contribution in [2.75, 3.05) is 37.7 Å². The molecule has 1 saturated heterocycles. The quantitative estimate of drug-likeness (QED) is 0.708. The molecule has 0 aromatic heterocycles. The molecule has 1 atom stereocenters. The Morgan fingerprint density at radius 2 is 1.94 bits per heavy atom. The number of halogens is 2. The summed E-state index contributed by atoms with van der Waals surface area (Å²) < 4.78 is 20.0. The van der Waals surface area contributed by atoms with Crippen LogP contribution in [-0.4, -0.2) is 49.5 Å². The van der Waals surface area contributed by atoms with Crippen LogP contribution in [0.2, 0.25) is 5.02 Å². The van der Waals surface area contributed by atoms with E-state index in [1.54, 1.807) is 29.2 Å². The Kier molecular flexibility index (Phi) is 6.73. The number of amides is 2. The summed E-state index contributed by atoms with van der Waals surface area (Å²) in [7, 11) is 0. The molecule has 0 bridgehead atoms. The minimum Gasteiger partial charge on any atom is -0.482 e. The number of ether oxygens (including phenoxy) is 1. The lowest BCUT2D eigenvalue weighted by Crippen LogP contribution is -2.42. The fourth-order valence-corrected chi connectivity index (χ4v) is 4.50. The van der Waals surface area contributed by atoms with Crippen molar-refractivity contribution in [1.82, 2.24) is 10.2 Å². The van der Waals surface area contributed by atoms with Gasteiger partial charge < -0.3 is 15.0 Å². The van der Waals surface area contributed by atoms with Crippen molar-refractivity contribution in [2.24, 2.45) is 0 Å². The largest absolute Gasteiger partial charge is 0.482 e. The fourth-order valence-electron chi connectivity index (χ4n) is 4.21. The standard InChI is InChI=1S/C23H25ClFN3O3/c24-16-6-5-7-17(25)23(16)19(27-11-3-4-12-27)14-26-21(29)10-13-28-18-8-1-2-9-20(18)31-15-22(28)30/h1-2,5-9,19H,3-4,10-15H2,(H,26,29). The van der Waals surface area contributed by atoms with Crippen molar-refractivity contribution >= 4 is 29.1 Å². The Labute approximate surface area is 185 Å². The highest BCUT2D eigenvalue weighted by molar-refractivity contribution is 6.31. The van der Waals surface area contributed by atoms with Crippen molar-refractivity contribution in [2.45, 2.75) is 25.3 Å². The normalized spacial score (nSPS) is 17.2. The molecule has 4 rings (SSSR count). The average molecular weight is 446 g/mol. The number of benzene rings is 2. The van der Waals surface area contributed by atoms with Crippen molar-refractivity contribution in [3.8, 4) is 5.75 Å². The van der Waals surface area contributed by atoms with E-state index in [1.165, 1.54) is 6.07 Å². The minimum atomic E-state index is -0.367. The van der Waals surface area contributed by atoms with E-state index in [1.807, 2.05) is 12.1 Å². The summed E-state index contributed by atoms with van der Waals surface area (Å²) >= 11 is 6.31. The van der Waals surface area contributed by atoms with Gasteiger partial charge in [0.1, 0.15) is 11.6 Å². The highest BCUT2D eigenvalue weighted by atomic mass is 35.5. The molecule has 1 unspecified atom stereocenters. The van der Waals surface area contributed by atoms with Crippen molar-refractivity contribution in [3.05, 3.63) is 58.9 Å². The van der Waals surface area contributed by atoms with E-state index in [0.717, 1.165) is 25.9 Å². The fraction of sp³-hybridized carbons (Fsp3) is 0.391. The van der Waals surface area contributed by atoms with Crippen LogP contribution in [0.4, 0.5) is 10.1 Å². The Bertz CT molecular complexity index is 945. The maximum Gasteiger partial charge on any atom is 0.265 e. The number of carbonyl (C=O) groups is 2. The van der Waals surface area contributed by atoms with Crippen LogP contribution in [0.15, 0.2) is 42.5 Å². The van der Waals surface area contributed by atoms with Gasteiger partial charge in [-0.2, -0.15) is 0 Å². The van der Waals surface area contributed by atoms with Crippen LogP contribution in [0.1, 0.15) is 30.9 Å². The summed E-state index contributed by atoms with van der Waals surface area (Å²) in [6.45, 7) is 2.14. The second-order valence-corrected chi connectivity index (χ2v) is 8.16. The maximum atomic E-state index is 14.6. The molecule has 2 aliphatic heterocycles. The van der Waals surface area contributed by atoms with Gasteiger partial charge in [-0.3, -0.25) is 14.5 Å². The van der Waals surface area contributed by atoms with Gasteiger partial charge in [0, 0.05) is 30.1 Å². The van der Waals surface area contributed by atoms with Gasteiger partial charge in [-0.15, -0.1) is 0 Å². The molecule has 2 heterocycles. The molecular weight excluding hydrogens is 421 g/mol. The molecule has 6 nitrogen and oxygen atoms in total. The van der Waals surface area contributed by atoms with E-state index < -0.39 is 0 Å². The van der Waals surface area contributed by atoms with Crippen LogP contribution in [0.3, 0.4) is 0 Å². The molecule has 1 N–H and O–H groups in total. The first kappa shape index (κ1) is 21.6. The number of nitrogens with zero attached hydrogens (tertiary/aromatic N) is 2. The molecule has 8 heteroatoms. The number of hydrogen-bond acceptors (Lipinski definition) is 4. The first-order valence-electron chi connectivity index (χ1n) is 10.5. The highest BCUT2D eigenvalue weighted by Gasteiger charge is 2.29. The number of para-hydroxylation sites is 2. The summed E-state index contributed by atoms with van der Waals surface area (Å²) in [4.78, 5) is 28.6. The van der Waals surface area contributed by atoms with Crippen LogP contribution in [0, 0.1) is 5.82 Å². The number of hydrogen-bond donors (Lipinski definition) is 1. The topological polar surface area (TPSA) is 61.9 Å². The van der Waals surface area contributed by atoms with Crippen LogP contribution in [0.5, 0.6) is 5.75 Å². The monoisotopic (exact) mass is 445 g/mol. The van der Waals surface area contributed by atoms with E-state index >= 15 is 0 Å². The molecule has 164 valence electrons. The van der Waals surface area contributed by atoms with Crippen LogP contribution in [0.25, 0.3) is 0 Å². The average Bonchev–Trinajstić information content (AvgIpc) is 3.29. The van der Waals surface area contributed by atoms with Crippen LogP contribution >= 0.6 is 11.6 Å². The number of fused-ring (bicyclic) bond motifs is 1. The van der Waals surface area contributed by atoms with Gasteiger partial charge >= 0.3 is 0 Å². The van der Waals surface area contributed by atoms with E-state index in [-0.39, 0.29) is 49.8 Å². The van der Waals surface area contributed by atoms with Crippen molar-refractivity contribution in [1.29, 1.82) is 0 Å². The molecule has 2 aromatic rings. The van der Waals surface area contributed by atoms with Crippen molar-refractivity contribution < 1.29 is 18.7 Å². The lowest BCUT2D eigenvalue weighted by molar-refractivity contribution is -0.122. The van der Waals surface area contributed by atoms with Gasteiger partial charge in [-0.1, -0.05) is 29.8 Å². The van der Waals surface area contributed by atoms with Gasteiger partial charge in [0.05, 0.1) is 11.7 Å². The summed E-state index contributed by atoms with van der Waals surface area (Å²) in [6, 6.07) is 11.6. The first-order valence-corrected chi connectivity index (χ1v) is 10.9. The molecule has 0 radical (unpaired) electrons. The summed E-state index contributed by atoms with van der Waals surface area (Å²) in [5.74, 6) is -0.118. The molecule has 0 spiro atoms. The van der Waals surface area contributed by atoms with Gasteiger partial charge in [-0.05, 0) is 50.2 Å². The molecular formula is C23H25ClFN3O3. The maximum absolute atomic E-state index is 14.6. The second-order valence-electron chi connectivity index (χ2n) is 7.75. The Balaban J connectivity index is 1.40. The van der Waals surface area contributed by atoms with Crippen LogP contribution < -0.4 is 15.0 Å². The zero-order valence-electron chi connectivity index (χ0n) is 17.2. The highest BCUT2D eigenvalue weighted by Crippen LogP contribution is 2.33. The van der Waals surface area contributed by atoms with E-state index in [0.29, 0.717) is 22.0 Å². The van der Waals surface area contributed by atoms with E-state index in [4.69, 9.17) is 16.3 Å². The smallest absolute Gasteiger partial charge is 0.265 e. The molecule has 2 amide bonds. The predicted molar refractivity (Wildman–Crippen MR) is 117 cm³/mol. The molecule has 2 aromatic carbocycles. The Morgan fingerprint density at radius 1 is 1.16 bits per heavy atom. The summed E-state index contributed by atoms with van der Waals surface area (Å²) in [6.07, 6.45) is 2.21. The number of rotatable bonds is 7. The summed E-state index contributed by atoms with van der Waals surface area (Å²) in [5, 5.41) is 3.28. The predicted octanol–water partition coefficient (Wildman–Crippen LogP) is 3.55. The minimum absolute atomic E-state index is 0.0402. The molecule has 0 saturated carbocycles. The molecule has 31 heavy (non-hydrogen) atoms. The Morgan fingerprint density at radius 3 is 2.71 bits per heavy atom. The SMILES string of the molecule is O=C(CCN1C(=O)COc2ccccc21)NCC(c1c(F)cccc1Cl)N1CCCC1. The van der Waals surface area contributed by atoms with Gasteiger partial charge in [0.25, 0.3) is 5.91 Å². The van der Waals surface area contributed by atoms with Gasteiger partial charge in [0.2, 0.25) is 5.91 Å². The molecule has 0 aliphatic carbocycles. The third-order valence-corrected chi connectivity index (χ3v) is 6.11. The molecule has 2 aliphatic rings. The third-order valence-electron chi connectivity index (χ3n) is 5.78. The zero-order chi connectivity index (χ0) is 21.8. The number of carbonyl (C=O) groups excluding carboxylic acids is 2. The summed E-state index contributed by atoms with van der Waals surface area (Å²) in [5.41, 5.74) is 1.09. The third kappa shape index (κ3) is 4.83. The van der Waals surface area contributed by atoms with E-state index in [9.17, 15) is 14.0 Å². The van der Waals surface area contributed by atoms with Crippen molar-refractivity contribution in [3.63, 3.8) is 0 Å². The second kappa shape index (κ2) is 9.66. The number of anilines is 1. The van der Waals surface area contributed by atoms with Crippen LogP contribution in [-0.2, 0) is 9.59 Å². The molecule has 1 fully saturated rings. The zero-order valence-corrected chi connectivity index (χ0v) is 17.9. The van der Waals surface area contributed by atoms with Gasteiger partial charge in [0.15, 0.2) is 6.61 Å². The van der Waals surface area contributed by atoms with E-state index in [2.05, 4.69) is 10.2 Å². The lowest BCUT2D eigenvalue weighted by atomic mass is 10.0. The number of nitrogens with one attached hydrogen (secondary N) is 1. The lowest BCUT2D eigenvalue weighted by Gasteiger charge is -2.30. The first-order chi connectivity index (χ1) is 15.0. The number of likely N-dealkylation sites (tertiary alicyclic amines) is 1.